The van der Waals surface area contributed by atoms with Crippen molar-refractivity contribution < 1.29 is 9.50 Å². The predicted octanol–water partition coefficient (Wildman–Crippen LogP) is 2.74. The van der Waals surface area contributed by atoms with Crippen LogP contribution < -0.4 is 5.32 Å². The van der Waals surface area contributed by atoms with Gasteiger partial charge in [0.05, 0.1) is 5.56 Å². The molecule has 3 nitrogen and oxygen atoms in total. The average molecular weight is 270 g/mol. The summed E-state index contributed by atoms with van der Waals surface area (Å²) < 4.78 is 13.1. The molecule has 2 aromatic rings. The molecule has 4 heteroatoms. The molecule has 2 rings (SSSR count). The van der Waals surface area contributed by atoms with E-state index >= 15 is 0 Å². The molecule has 0 aliphatic carbocycles. The van der Waals surface area contributed by atoms with E-state index < -0.39 is 5.82 Å². The lowest BCUT2D eigenvalue weighted by molar-refractivity contribution is 0.475. The smallest absolute Gasteiger partial charge is 0.140 e. The van der Waals surface area contributed by atoms with Crippen molar-refractivity contribution in [3.8, 4) is 11.8 Å². The van der Waals surface area contributed by atoms with Crippen LogP contribution in [-0.2, 0) is 13.0 Å². The van der Waals surface area contributed by atoms with Crippen LogP contribution in [0.4, 0.5) is 4.39 Å². The maximum Gasteiger partial charge on any atom is 0.140 e. The van der Waals surface area contributed by atoms with Crippen molar-refractivity contribution in [2.24, 2.45) is 0 Å². The monoisotopic (exact) mass is 270 g/mol. The van der Waals surface area contributed by atoms with Crippen LogP contribution in [0.5, 0.6) is 5.75 Å². The van der Waals surface area contributed by atoms with Gasteiger partial charge in [-0.3, -0.25) is 0 Å². The van der Waals surface area contributed by atoms with E-state index in [0.29, 0.717) is 6.54 Å². The molecule has 0 spiro atoms. The molecule has 0 bridgehead atoms. The lowest BCUT2D eigenvalue weighted by Crippen LogP contribution is -2.16. The molecule has 0 fully saturated rings. The lowest BCUT2D eigenvalue weighted by atomic mass is 10.1. The van der Waals surface area contributed by atoms with Gasteiger partial charge in [-0.2, -0.15) is 5.26 Å². The first-order valence-corrected chi connectivity index (χ1v) is 6.36. The zero-order valence-corrected chi connectivity index (χ0v) is 10.9. The highest BCUT2D eigenvalue weighted by molar-refractivity contribution is 5.34. The largest absolute Gasteiger partial charge is 0.508 e. The molecule has 0 atom stereocenters. The number of hydrogen-bond acceptors (Lipinski definition) is 3. The van der Waals surface area contributed by atoms with Gasteiger partial charge in [0.1, 0.15) is 17.6 Å². The summed E-state index contributed by atoms with van der Waals surface area (Å²) in [4.78, 5) is 0. The van der Waals surface area contributed by atoms with E-state index in [1.165, 1.54) is 6.07 Å². The Balaban J connectivity index is 1.81. The third-order valence-corrected chi connectivity index (χ3v) is 3.01. The van der Waals surface area contributed by atoms with E-state index in [-0.39, 0.29) is 11.3 Å². The van der Waals surface area contributed by atoms with E-state index in [4.69, 9.17) is 5.26 Å². The van der Waals surface area contributed by atoms with Crippen LogP contribution in [0.1, 0.15) is 16.7 Å². The van der Waals surface area contributed by atoms with E-state index in [2.05, 4.69) is 5.32 Å². The normalized spacial score (nSPS) is 10.2. The van der Waals surface area contributed by atoms with Gasteiger partial charge in [0, 0.05) is 6.54 Å². The molecular weight excluding hydrogens is 255 g/mol. The van der Waals surface area contributed by atoms with E-state index in [1.807, 2.05) is 18.2 Å². The van der Waals surface area contributed by atoms with Gasteiger partial charge in [-0.15, -0.1) is 0 Å². The summed E-state index contributed by atoms with van der Waals surface area (Å²) in [6.45, 7) is 1.36. The minimum Gasteiger partial charge on any atom is -0.508 e. The topological polar surface area (TPSA) is 56.0 Å². The van der Waals surface area contributed by atoms with Crippen LogP contribution in [0.25, 0.3) is 0 Å². The van der Waals surface area contributed by atoms with Crippen molar-refractivity contribution in [3.63, 3.8) is 0 Å². The summed E-state index contributed by atoms with van der Waals surface area (Å²) in [6, 6.07) is 13.5. The average Bonchev–Trinajstić information content (AvgIpc) is 2.47. The Morgan fingerprint density at radius 3 is 2.50 bits per heavy atom. The molecule has 0 saturated heterocycles. The summed E-state index contributed by atoms with van der Waals surface area (Å²) in [7, 11) is 0. The number of nitrogens with one attached hydrogen (secondary N) is 1. The second-order valence-electron chi connectivity index (χ2n) is 4.52. The molecule has 0 aliphatic heterocycles. The van der Waals surface area contributed by atoms with Gasteiger partial charge in [0.2, 0.25) is 0 Å². The van der Waals surface area contributed by atoms with Crippen LogP contribution >= 0.6 is 0 Å². The van der Waals surface area contributed by atoms with Gasteiger partial charge in [0.25, 0.3) is 0 Å². The van der Waals surface area contributed by atoms with Crippen molar-refractivity contribution in [3.05, 3.63) is 65.0 Å². The quantitative estimate of drug-likeness (QED) is 0.821. The van der Waals surface area contributed by atoms with E-state index in [0.717, 1.165) is 24.1 Å². The molecule has 2 N–H and O–H groups in total. The van der Waals surface area contributed by atoms with Gasteiger partial charge in [-0.1, -0.05) is 18.2 Å². The number of benzene rings is 2. The lowest BCUT2D eigenvalue weighted by Gasteiger charge is -2.06. The fourth-order valence-electron chi connectivity index (χ4n) is 1.90. The van der Waals surface area contributed by atoms with Crippen molar-refractivity contribution in [1.29, 1.82) is 5.26 Å². The number of rotatable bonds is 5. The fraction of sp³-hybridized carbons (Fsp3) is 0.188. The number of halogens is 1. The van der Waals surface area contributed by atoms with Gasteiger partial charge in [0.15, 0.2) is 0 Å². The van der Waals surface area contributed by atoms with Crippen molar-refractivity contribution in [2.75, 3.05) is 6.54 Å². The second kappa shape index (κ2) is 6.69. The van der Waals surface area contributed by atoms with Gasteiger partial charge in [-0.25, -0.2) is 4.39 Å². The van der Waals surface area contributed by atoms with Crippen LogP contribution in [0.2, 0.25) is 0 Å². The number of phenolic OH excluding ortho intramolecular Hbond substituents is 1. The molecule has 20 heavy (non-hydrogen) atoms. The number of hydrogen-bond donors (Lipinski definition) is 2. The maximum absolute atomic E-state index is 13.1. The molecule has 0 saturated carbocycles. The second-order valence-corrected chi connectivity index (χ2v) is 4.52. The summed E-state index contributed by atoms with van der Waals surface area (Å²) in [5.41, 5.74) is 2.09. The Hall–Kier alpha value is -2.38. The third kappa shape index (κ3) is 3.81. The van der Waals surface area contributed by atoms with Crippen LogP contribution in [0.3, 0.4) is 0 Å². The van der Waals surface area contributed by atoms with Gasteiger partial charge in [-0.05, 0) is 48.4 Å². The molecule has 0 aliphatic rings. The molecule has 102 valence electrons. The minimum absolute atomic E-state index is 0.0721. The Morgan fingerprint density at radius 2 is 1.80 bits per heavy atom. The first kappa shape index (κ1) is 14.0. The highest BCUT2D eigenvalue weighted by Gasteiger charge is 2.02. The Morgan fingerprint density at radius 1 is 1.10 bits per heavy atom. The number of nitriles is 1. The molecule has 0 unspecified atom stereocenters. The fourth-order valence-corrected chi connectivity index (χ4v) is 1.90. The van der Waals surface area contributed by atoms with E-state index in [1.54, 1.807) is 24.3 Å². The molecule has 0 radical (unpaired) electrons. The third-order valence-electron chi connectivity index (χ3n) is 3.01. The van der Waals surface area contributed by atoms with Gasteiger partial charge < -0.3 is 10.4 Å². The predicted molar refractivity (Wildman–Crippen MR) is 74.6 cm³/mol. The number of aromatic hydroxyl groups is 1. The minimum atomic E-state index is -0.486. The summed E-state index contributed by atoms with van der Waals surface area (Å²) >= 11 is 0. The Bertz CT molecular complexity index is 617. The zero-order chi connectivity index (χ0) is 14.4. The van der Waals surface area contributed by atoms with Crippen molar-refractivity contribution >= 4 is 0 Å². The van der Waals surface area contributed by atoms with E-state index in [9.17, 15) is 9.50 Å². The standard InChI is InChI=1S/C16H15FN2O/c17-16-6-3-13(9-14(16)10-18)11-19-8-7-12-1-4-15(20)5-2-12/h1-6,9,19-20H,7-8,11H2. The summed E-state index contributed by atoms with van der Waals surface area (Å²) in [6.07, 6.45) is 0.840. The Labute approximate surface area is 117 Å². The molecule has 2 aromatic carbocycles. The summed E-state index contributed by atoms with van der Waals surface area (Å²) in [5.74, 6) is -0.225. The first-order valence-electron chi connectivity index (χ1n) is 6.36. The van der Waals surface area contributed by atoms with Crippen LogP contribution in [-0.4, -0.2) is 11.7 Å². The molecule has 0 amide bonds. The van der Waals surface area contributed by atoms with Crippen molar-refractivity contribution in [1.82, 2.24) is 5.32 Å². The number of phenols is 1. The van der Waals surface area contributed by atoms with Gasteiger partial charge >= 0.3 is 0 Å². The number of nitrogens with zero attached hydrogens (tertiary/aromatic N) is 1. The molecule has 0 heterocycles. The Kier molecular flexibility index (Phi) is 4.70. The highest BCUT2D eigenvalue weighted by atomic mass is 19.1. The molecule has 0 aromatic heterocycles. The zero-order valence-electron chi connectivity index (χ0n) is 10.9. The molecular formula is C16H15FN2O. The van der Waals surface area contributed by atoms with Crippen LogP contribution in [0, 0.1) is 17.1 Å². The van der Waals surface area contributed by atoms with Crippen LogP contribution in [0.15, 0.2) is 42.5 Å². The SMILES string of the molecule is N#Cc1cc(CNCCc2ccc(O)cc2)ccc1F. The highest BCUT2D eigenvalue weighted by Crippen LogP contribution is 2.11. The van der Waals surface area contributed by atoms with Crippen molar-refractivity contribution in [2.45, 2.75) is 13.0 Å². The maximum atomic E-state index is 13.1. The summed E-state index contributed by atoms with van der Waals surface area (Å²) in [5, 5.41) is 21.2. The first-order chi connectivity index (χ1) is 9.69.